The average molecular weight is 225 g/mol. The summed E-state index contributed by atoms with van der Waals surface area (Å²) in [5, 5.41) is 0. The lowest BCUT2D eigenvalue weighted by Crippen LogP contribution is -2.40. The van der Waals surface area contributed by atoms with Gasteiger partial charge in [-0.15, -0.1) is 0 Å². The average Bonchev–Trinajstić information content (AvgIpc) is 2.77. The fourth-order valence-electron chi connectivity index (χ4n) is 3.21. The Morgan fingerprint density at radius 3 is 2.60 bits per heavy atom. The summed E-state index contributed by atoms with van der Waals surface area (Å²) in [4.78, 5) is 14.3. The van der Waals surface area contributed by atoms with Crippen molar-refractivity contribution < 1.29 is 4.79 Å². The molecular weight excluding hydrogens is 206 g/mol. The third-order valence-corrected chi connectivity index (χ3v) is 5.54. The summed E-state index contributed by atoms with van der Waals surface area (Å²) < 4.78 is 0. The normalized spacial score (nSPS) is 42.7. The van der Waals surface area contributed by atoms with Gasteiger partial charge in [-0.2, -0.15) is 11.8 Å². The highest BCUT2D eigenvalue weighted by Crippen LogP contribution is 2.54. The smallest absolute Gasteiger partial charge is 0.225 e. The Hall–Kier alpha value is -0.180. The monoisotopic (exact) mass is 225 g/mol. The highest BCUT2D eigenvalue weighted by Gasteiger charge is 2.48. The maximum atomic E-state index is 12.2. The van der Waals surface area contributed by atoms with Gasteiger partial charge in [-0.25, -0.2) is 0 Å². The van der Waals surface area contributed by atoms with E-state index in [9.17, 15) is 4.79 Å². The third kappa shape index (κ3) is 1.79. The summed E-state index contributed by atoms with van der Waals surface area (Å²) in [6.07, 6.45) is 4.99. The molecule has 0 N–H and O–H groups in total. The van der Waals surface area contributed by atoms with Crippen LogP contribution in [0.25, 0.3) is 0 Å². The van der Waals surface area contributed by atoms with E-state index in [0.29, 0.717) is 17.9 Å². The van der Waals surface area contributed by atoms with Crippen LogP contribution < -0.4 is 0 Å². The van der Waals surface area contributed by atoms with Crippen LogP contribution in [-0.2, 0) is 4.79 Å². The standard InChI is InChI=1S/C12H19NOS/c1-13(11-2-3-15-7-11)12(14)10-5-8-4-9(8)6-10/h8-11H,2-7H2,1H3. The molecule has 3 rings (SSSR count). The van der Waals surface area contributed by atoms with Crippen molar-refractivity contribution >= 4 is 17.7 Å². The van der Waals surface area contributed by atoms with E-state index in [4.69, 9.17) is 0 Å². The summed E-state index contributed by atoms with van der Waals surface area (Å²) in [6.45, 7) is 0. The van der Waals surface area contributed by atoms with E-state index >= 15 is 0 Å². The lowest BCUT2D eigenvalue weighted by atomic mass is 10.0. The van der Waals surface area contributed by atoms with Crippen LogP contribution >= 0.6 is 11.8 Å². The van der Waals surface area contributed by atoms with Crippen molar-refractivity contribution in [2.24, 2.45) is 17.8 Å². The highest BCUT2D eigenvalue weighted by molar-refractivity contribution is 7.99. The number of carbonyl (C=O) groups is 1. The van der Waals surface area contributed by atoms with Gasteiger partial charge in [0.25, 0.3) is 0 Å². The third-order valence-electron chi connectivity index (χ3n) is 4.39. The molecule has 2 aliphatic carbocycles. The Labute approximate surface area is 95.8 Å². The van der Waals surface area contributed by atoms with Crippen LogP contribution in [0, 0.1) is 17.8 Å². The molecule has 0 aromatic heterocycles. The zero-order chi connectivity index (χ0) is 10.4. The maximum absolute atomic E-state index is 12.2. The Bertz CT molecular complexity index is 265. The fraction of sp³-hybridized carbons (Fsp3) is 0.917. The predicted molar refractivity (Wildman–Crippen MR) is 62.8 cm³/mol. The topological polar surface area (TPSA) is 20.3 Å². The quantitative estimate of drug-likeness (QED) is 0.716. The largest absolute Gasteiger partial charge is 0.342 e. The molecule has 84 valence electrons. The van der Waals surface area contributed by atoms with Gasteiger partial charge in [-0.05, 0) is 43.3 Å². The summed E-state index contributed by atoms with van der Waals surface area (Å²) in [5.41, 5.74) is 0. The Kier molecular flexibility index (Phi) is 2.46. The number of thioether (sulfide) groups is 1. The van der Waals surface area contributed by atoms with Crippen LogP contribution in [-0.4, -0.2) is 35.4 Å². The Morgan fingerprint density at radius 1 is 1.27 bits per heavy atom. The zero-order valence-electron chi connectivity index (χ0n) is 9.32. The first-order valence-corrected chi connectivity index (χ1v) is 7.25. The van der Waals surface area contributed by atoms with Crippen LogP contribution in [0.15, 0.2) is 0 Å². The summed E-state index contributed by atoms with van der Waals surface area (Å²) in [7, 11) is 2.02. The van der Waals surface area contributed by atoms with Gasteiger partial charge in [0.2, 0.25) is 5.91 Å². The fourth-order valence-corrected chi connectivity index (χ4v) is 4.48. The van der Waals surface area contributed by atoms with Gasteiger partial charge in [0.1, 0.15) is 0 Å². The van der Waals surface area contributed by atoms with E-state index in [1.54, 1.807) is 0 Å². The molecule has 15 heavy (non-hydrogen) atoms. The first-order chi connectivity index (χ1) is 7.25. The van der Waals surface area contributed by atoms with E-state index in [1.165, 1.54) is 31.4 Å². The number of hydrogen-bond acceptors (Lipinski definition) is 2. The molecule has 2 saturated carbocycles. The molecule has 2 nitrogen and oxygen atoms in total. The van der Waals surface area contributed by atoms with E-state index < -0.39 is 0 Å². The van der Waals surface area contributed by atoms with Crippen molar-refractivity contribution in [2.45, 2.75) is 31.7 Å². The Morgan fingerprint density at radius 2 is 2.00 bits per heavy atom. The van der Waals surface area contributed by atoms with Gasteiger partial charge in [0, 0.05) is 24.8 Å². The molecule has 3 heteroatoms. The van der Waals surface area contributed by atoms with Crippen molar-refractivity contribution in [2.75, 3.05) is 18.6 Å². The molecule has 0 bridgehead atoms. The van der Waals surface area contributed by atoms with E-state index in [0.717, 1.165) is 17.6 Å². The van der Waals surface area contributed by atoms with Crippen LogP contribution in [0.5, 0.6) is 0 Å². The van der Waals surface area contributed by atoms with Crippen LogP contribution in [0.1, 0.15) is 25.7 Å². The second-order valence-electron chi connectivity index (χ2n) is 5.39. The first-order valence-electron chi connectivity index (χ1n) is 6.10. The van der Waals surface area contributed by atoms with Gasteiger partial charge in [-0.1, -0.05) is 0 Å². The van der Waals surface area contributed by atoms with Gasteiger partial charge >= 0.3 is 0 Å². The predicted octanol–water partition coefficient (Wildman–Crippen LogP) is 2.00. The lowest BCUT2D eigenvalue weighted by molar-refractivity contribution is -0.136. The lowest BCUT2D eigenvalue weighted by Gasteiger charge is -2.27. The van der Waals surface area contributed by atoms with Gasteiger partial charge < -0.3 is 4.90 Å². The number of hydrogen-bond donors (Lipinski definition) is 0. The molecule has 1 aliphatic heterocycles. The molecule has 0 spiro atoms. The summed E-state index contributed by atoms with van der Waals surface area (Å²) in [6, 6.07) is 0.527. The molecular formula is C12H19NOS. The highest BCUT2D eigenvalue weighted by atomic mass is 32.2. The molecule has 3 fully saturated rings. The molecule has 1 amide bonds. The summed E-state index contributed by atoms with van der Waals surface area (Å²) in [5.74, 6) is 5.05. The van der Waals surface area contributed by atoms with E-state index in [2.05, 4.69) is 4.90 Å². The maximum Gasteiger partial charge on any atom is 0.225 e. The van der Waals surface area contributed by atoms with Gasteiger partial charge in [0.05, 0.1) is 0 Å². The Balaban J connectivity index is 1.58. The SMILES string of the molecule is CN(C(=O)C1CC2CC2C1)C1CCSC1. The molecule has 3 atom stereocenters. The van der Waals surface area contributed by atoms with Crippen molar-refractivity contribution in [3.05, 3.63) is 0 Å². The van der Waals surface area contributed by atoms with Crippen molar-refractivity contribution in [3.63, 3.8) is 0 Å². The number of carbonyl (C=O) groups excluding carboxylic acids is 1. The molecule has 1 heterocycles. The zero-order valence-corrected chi connectivity index (χ0v) is 10.1. The van der Waals surface area contributed by atoms with Crippen LogP contribution in [0.4, 0.5) is 0 Å². The molecule has 0 aromatic carbocycles. The van der Waals surface area contributed by atoms with Gasteiger partial charge in [-0.3, -0.25) is 4.79 Å². The minimum atomic E-state index is 0.379. The summed E-state index contributed by atoms with van der Waals surface area (Å²) >= 11 is 1.99. The second-order valence-corrected chi connectivity index (χ2v) is 6.54. The van der Waals surface area contributed by atoms with Crippen LogP contribution in [0.3, 0.4) is 0 Å². The molecule has 3 aliphatic rings. The molecule has 0 aromatic rings. The number of rotatable bonds is 2. The van der Waals surface area contributed by atoms with Crippen molar-refractivity contribution in [3.8, 4) is 0 Å². The van der Waals surface area contributed by atoms with Gasteiger partial charge in [0.15, 0.2) is 0 Å². The molecule has 0 radical (unpaired) electrons. The van der Waals surface area contributed by atoms with Crippen molar-refractivity contribution in [1.29, 1.82) is 0 Å². The number of fused-ring (bicyclic) bond motifs is 1. The number of amides is 1. The van der Waals surface area contributed by atoms with E-state index in [-0.39, 0.29) is 0 Å². The first kappa shape index (κ1) is 10.0. The minimum absolute atomic E-state index is 0.379. The molecule has 1 saturated heterocycles. The van der Waals surface area contributed by atoms with Crippen molar-refractivity contribution in [1.82, 2.24) is 4.90 Å². The second kappa shape index (κ2) is 3.69. The molecule has 3 unspecified atom stereocenters. The minimum Gasteiger partial charge on any atom is -0.342 e. The number of nitrogens with zero attached hydrogens (tertiary/aromatic N) is 1. The van der Waals surface area contributed by atoms with E-state index in [1.807, 2.05) is 18.8 Å². The van der Waals surface area contributed by atoms with Crippen LogP contribution in [0.2, 0.25) is 0 Å².